The molecule has 1 saturated heterocycles. The Kier molecular flexibility index (Phi) is 8.09. The topological polar surface area (TPSA) is 134 Å². The van der Waals surface area contributed by atoms with E-state index >= 15 is 0 Å². The molecule has 0 bridgehead atoms. The maximum absolute atomic E-state index is 14.0. The van der Waals surface area contributed by atoms with Crippen molar-refractivity contribution in [1.29, 1.82) is 0 Å². The summed E-state index contributed by atoms with van der Waals surface area (Å²) in [5, 5.41) is 14.6. The number of hydrogen-bond acceptors (Lipinski definition) is 8. The number of carbonyl (C=O) groups excluding carboxylic acids is 1. The molecular weight excluding hydrogens is 530 g/mol. The lowest BCUT2D eigenvalue weighted by Gasteiger charge is -2.35. The van der Waals surface area contributed by atoms with Crippen LogP contribution in [0.5, 0.6) is 0 Å². The molecule has 0 spiro atoms. The van der Waals surface area contributed by atoms with E-state index in [1.807, 2.05) is 18.2 Å². The molecule has 218 valence electrons. The minimum Gasteiger partial charge on any atom is -0.394 e. The van der Waals surface area contributed by atoms with Gasteiger partial charge in [-0.1, -0.05) is 19.3 Å². The number of nitrogens with one attached hydrogen (secondary N) is 2. The van der Waals surface area contributed by atoms with Crippen LogP contribution in [0.1, 0.15) is 71.4 Å². The molecule has 2 aromatic rings. The molecule has 3 N–H and O–H groups in total. The molecule has 11 heteroatoms. The second kappa shape index (κ2) is 11.3. The fourth-order valence-electron chi connectivity index (χ4n) is 5.72. The maximum Gasteiger partial charge on any atom is 0.319 e. The van der Waals surface area contributed by atoms with E-state index in [1.54, 1.807) is 26.0 Å². The van der Waals surface area contributed by atoms with E-state index in [9.17, 15) is 18.3 Å². The zero-order chi connectivity index (χ0) is 28.5. The van der Waals surface area contributed by atoms with Gasteiger partial charge in [-0.2, -0.15) is 0 Å². The van der Waals surface area contributed by atoms with Gasteiger partial charge < -0.3 is 25.4 Å². The summed E-state index contributed by atoms with van der Waals surface area (Å²) in [4.78, 5) is 24.3. The van der Waals surface area contributed by atoms with Crippen LogP contribution in [0.2, 0.25) is 0 Å². The van der Waals surface area contributed by atoms with Crippen molar-refractivity contribution in [3.8, 4) is 11.4 Å². The van der Waals surface area contributed by atoms with Crippen molar-refractivity contribution < 1.29 is 23.1 Å². The standard InChI is InChI=1S/C29H41N5O5S/c1-20-18-39-16-15-34(20)25-17-24(29(13-14-29)40(37,38)23-7-5-4-6-8-23)31-26(32-25)21-9-11-22(12-10-21)30-27(36)33-28(2,3)19-35/h9-12,17,20,23,35H,4-8,13-16,18-19H2,1-3H3,(H2,30,33,36)/t20-/m0/s1. The predicted molar refractivity (Wildman–Crippen MR) is 155 cm³/mol. The van der Waals surface area contributed by atoms with E-state index in [2.05, 4.69) is 22.5 Å². The van der Waals surface area contributed by atoms with Gasteiger partial charge >= 0.3 is 6.03 Å². The molecular formula is C29H41N5O5S. The van der Waals surface area contributed by atoms with E-state index in [0.717, 1.165) is 37.7 Å². The highest BCUT2D eigenvalue weighted by Crippen LogP contribution is 2.55. The number of sulfone groups is 1. The molecule has 0 unspecified atom stereocenters. The molecule has 2 aliphatic carbocycles. The Morgan fingerprint density at radius 2 is 1.85 bits per heavy atom. The Bertz CT molecular complexity index is 1320. The molecule has 1 aromatic heterocycles. The maximum atomic E-state index is 14.0. The fourth-order valence-corrected chi connectivity index (χ4v) is 8.38. The van der Waals surface area contributed by atoms with Crippen LogP contribution < -0.4 is 15.5 Å². The number of urea groups is 1. The number of amides is 2. The molecule has 3 aliphatic rings. The van der Waals surface area contributed by atoms with Gasteiger partial charge in [-0.15, -0.1) is 0 Å². The van der Waals surface area contributed by atoms with Gasteiger partial charge in [-0.3, -0.25) is 0 Å². The lowest BCUT2D eigenvalue weighted by molar-refractivity contribution is 0.0985. The van der Waals surface area contributed by atoms with Crippen molar-refractivity contribution in [2.45, 2.75) is 87.3 Å². The first-order valence-corrected chi connectivity index (χ1v) is 15.9. The molecule has 1 atom stereocenters. The molecule has 1 aliphatic heterocycles. The van der Waals surface area contributed by atoms with Crippen LogP contribution in [-0.2, 0) is 19.3 Å². The summed E-state index contributed by atoms with van der Waals surface area (Å²) < 4.78 is 32.7. The van der Waals surface area contributed by atoms with Crippen molar-refractivity contribution in [2.75, 3.05) is 36.6 Å². The number of morpholine rings is 1. The lowest BCUT2D eigenvalue weighted by Crippen LogP contribution is -2.48. The van der Waals surface area contributed by atoms with Crippen LogP contribution in [-0.4, -0.2) is 72.7 Å². The highest BCUT2D eigenvalue weighted by Gasteiger charge is 2.59. The highest BCUT2D eigenvalue weighted by atomic mass is 32.2. The monoisotopic (exact) mass is 571 g/mol. The third kappa shape index (κ3) is 5.82. The third-order valence-electron chi connectivity index (χ3n) is 8.33. The highest BCUT2D eigenvalue weighted by molar-refractivity contribution is 7.93. The van der Waals surface area contributed by atoms with Gasteiger partial charge in [-0.25, -0.2) is 23.2 Å². The summed E-state index contributed by atoms with van der Waals surface area (Å²) in [6, 6.07) is 8.75. The average Bonchev–Trinajstić information content (AvgIpc) is 3.77. The van der Waals surface area contributed by atoms with Crippen LogP contribution in [0, 0.1) is 0 Å². The van der Waals surface area contributed by atoms with Crippen LogP contribution in [0.15, 0.2) is 30.3 Å². The van der Waals surface area contributed by atoms with Gasteiger partial charge in [0.2, 0.25) is 0 Å². The van der Waals surface area contributed by atoms with Crippen molar-refractivity contribution in [3.05, 3.63) is 36.0 Å². The molecule has 40 heavy (non-hydrogen) atoms. The zero-order valence-electron chi connectivity index (χ0n) is 23.6. The van der Waals surface area contributed by atoms with Gasteiger partial charge in [0.05, 0.1) is 42.3 Å². The molecule has 3 fully saturated rings. The van der Waals surface area contributed by atoms with E-state index in [-0.39, 0.29) is 17.9 Å². The first-order chi connectivity index (χ1) is 19.0. The van der Waals surface area contributed by atoms with E-state index in [1.165, 1.54) is 0 Å². The number of ether oxygens (including phenoxy) is 1. The number of rotatable bonds is 8. The fraction of sp³-hybridized carbons (Fsp3) is 0.621. The second-order valence-corrected chi connectivity index (χ2v) is 14.6. The largest absolute Gasteiger partial charge is 0.394 e. The number of carbonyl (C=O) groups is 1. The number of aliphatic hydroxyl groups is 1. The van der Waals surface area contributed by atoms with Gasteiger partial charge in [0.1, 0.15) is 10.6 Å². The van der Waals surface area contributed by atoms with Gasteiger partial charge in [0.25, 0.3) is 0 Å². The number of nitrogens with zero attached hydrogens (tertiary/aromatic N) is 3. The Morgan fingerprint density at radius 1 is 1.15 bits per heavy atom. The van der Waals surface area contributed by atoms with Gasteiger partial charge in [0, 0.05) is 23.9 Å². The molecule has 10 nitrogen and oxygen atoms in total. The summed E-state index contributed by atoms with van der Waals surface area (Å²) in [7, 11) is -3.41. The van der Waals surface area contributed by atoms with E-state index in [0.29, 0.717) is 55.6 Å². The summed E-state index contributed by atoms with van der Waals surface area (Å²) in [5.74, 6) is 1.18. The summed E-state index contributed by atoms with van der Waals surface area (Å²) >= 11 is 0. The zero-order valence-corrected chi connectivity index (χ0v) is 24.5. The minimum atomic E-state index is -3.41. The smallest absolute Gasteiger partial charge is 0.319 e. The molecule has 2 heterocycles. The van der Waals surface area contributed by atoms with Crippen LogP contribution in [0.3, 0.4) is 0 Å². The number of benzene rings is 1. The Morgan fingerprint density at radius 3 is 2.48 bits per heavy atom. The summed E-state index contributed by atoms with van der Waals surface area (Å²) in [6.45, 7) is 7.18. The first-order valence-electron chi connectivity index (χ1n) is 14.3. The molecule has 2 amide bonds. The van der Waals surface area contributed by atoms with Crippen molar-refractivity contribution in [1.82, 2.24) is 15.3 Å². The van der Waals surface area contributed by atoms with Crippen molar-refractivity contribution >= 4 is 27.4 Å². The first kappa shape index (κ1) is 28.8. The number of anilines is 2. The molecule has 1 aromatic carbocycles. The van der Waals surface area contributed by atoms with Crippen LogP contribution in [0.4, 0.5) is 16.3 Å². The number of aliphatic hydroxyl groups excluding tert-OH is 1. The predicted octanol–water partition coefficient (Wildman–Crippen LogP) is 4.00. The van der Waals surface area contributed by atoms with Crippen molar-refractivity contribution in [2.24, 2.45) is 0 Å². The van der Waals surface area contributed by atoms with Gasteiger partial charge in [-0.05, 0) is 70.7 Å². The van der Waals surface area contributed by atoms with Gasteiger partial charge in [0.15, 0.2) is 15.7 Å². The summed E-state index contributed by atoms with van der Waals surface area (Å²) in [6.07, 6.45) is 5.65. The number of aromatic nitrogens is 2. The quantitative estimate of drug-likeness (QED) is 0.433. The van der Waals surface area contributed by atoms with E-state index < -0.39 is 26.2 Å². The SMILES string of the molecule is C[C@H]1COCCN1c1cc(C2(S(=O)(=O)C3CCCCC3)CC2)nc(-c2ccc(NC(=O)NC(C)(C)CO)cc2)n1. The molecule has 0 radical (unpaired) electrons. The number of hydrogen-bond donors (Lipinski definition) is 3. The second-order valence-electron chi connectivity index (χ2n) is 12.1. The van der Waals surface area contributed by atoms with E-state index in [4.69, 9.17) is 14.7 Å². The Balaban J connectivity index is 1.47. The lowest BCUT2D eigenvalue weighted by atomic mass is 10.0. The third-order valence-corrected chi connectivity index (χ3v) is 11.4. The Labute approximate surface area is 236 Å². The average molecular weight is 572 g/mol. The van der Waals surface area contributed by atoms with Crippen LogP contribution in [0.25, 0.3) is 11.4 Å². The summed E-state index contributed by atoms with van der Waals surface area (Å²) in [5.41, 5.74) is 1.15. The van der Waals surface area contributed by atoms with Crippen LogP contribution >= 0.6 is 0 Å². The molecule has 5 rings (SSSR count). The minimum absolute atomic E-state index is 0.0997. The Hall–Kier alpha value is -2.76. The normalized spacial score (nSPS) is 21.6. The molecule has 2 saturated carbocycles. The van der Waals surface area contributed by atoms with Crippen molar-refractivity contribution in [3.63, 3.8) is 0 Å².